The third-order valence-corrected chi connectivity index (χ3v) is 4.23. The van der Waals surface area contributed by atoms with Crippen molar-refractivity contribution in [3.63, 3.8) is 0 Å². The summed E-state index contributed by atoms with van der Waals surface area (Å²) in [5.74, 6) is 0.397. The van der Waals surface area contributed by atoms with E-state index >= 15 is 0 Å². The Hall–Kier alpha value is -1.02. The fourth-order valence-corrected chi connectivity index (χ4v) is 2.86. The van der Waals surface area contributed by atoms with Crippen molar-refractivity contribution in [3.05, 3.63) is 29.8 Å². The molecule has 1 saturated carbocycles. The average Bonchev–Trinajstić information content (AvgIpc) is 2.32. The lowest BCUT2D eigenvalue weighted by atomic mass is 9.75. The van der Waals surface area contributed by atoms with Gasteiger partial charge in [-0.3, -0.25) is 0 Å². The molecule has 1 aliphatic carbocycles. The molecule has 0 aromatic heterocycles. The topological polar surface area (TPSA) is 32.3 Å². The maximum absolute atomic E-state index is 9.85. The number of hydrogen-bond acceptors (Lipinski definition) is 2. The van der Waals surface area contributed by atoms with Gasteiger partial charge in [-0.1, -0.05) is 32.0 Å². The summed E-state index contributed by atoms with van der Waals surface area (Å²) >= 11 is 0. The summed E-state index contributed by atoms with van der Waals surface area (Å²) in [6.07, 6.45) is 5.06. The molecule has 0 bridgehead atoms. The van der Waals surface area contributed by atoms with Gasteiger partial charge in [0.15, 0.2) is 0 Å². The number of para-hydroxylation sites is 1. The molecule has 0 amide bonds. The Bertz CT molecular complexity index is 390. The molecule has 18 heavy (non-hydrogen) atoms. The van der Waals surface area contributed by atoms with E-state index in [9.17, 15) is 5.11 Å². The molecule has 1 unspecified atom stereocenters. The Kier molecular flexibility index (Phi) is 3.96. The molecule has 1 fully saturated rings. The zero-order valence-electron chi connectivity index (χ0n) is 11.7. The number of phenolic OH excluding ortho intramolecular Hbond substituents is 1. The van der Waals surface area contributed by atoms with Gasteiger partial charge in [-0.15, -0.1) is 0 Å². The average molecular weight is 247 g/mol. The normalized spacial score (nSPS) is 21.7. The van der Waals surface area contributed by atoms with Gasteiger partial charge in [0, 0.05) is 17.6 Å². The molecule has 0 saturated heterocycles. The van der Waals surface area contributed by atoms with E-state index < -0.39 is 0 Å². The lowest BCUT2D eigenvalue weighted by Gasteiger charge is -2.36. The second-order valence-electron chi connectivity index (χ2n) is 6.39. The SMILES string of the molecule is CC(NC1CCC(C)(C)CC1)c1ccccc1O. The molecule has 0 aliphatic heterocycles. The van der Waals surface area contributed by atoms with Crippen LogP contribution in [0.15, 0.2) is 24.3 Å². The molecular weight excluding hydrogens is 222 g/mol. The number of nitrogens with one attached hydrogen (secondary N) is 1. The summed E-state index contributed by atoms with van der Waals surface area (Å²) in [5.41, 5.74) is 1.51. The van der Waals surface area contributed by atoms with Crippen molar-refractivity contribution in [1.29, 1.82) is 0 Å². The molecule has 100 valence electrons. The molecule has 1 aliphatic rings. The van der Waals surface area contributed by atoms with Gasteiger partial charge in [0.2, 0.25) is 0 Å². The highest BCUT2D eigenvalue weighted by molar-refractivity contribution is 5.34. The number of phenols is 1. The first-order chi connectivity index (χ1) is 8.48. The molecular formula is C16H25NO. The minimum Gasteiger partial charge on any atom is -0.508 e. The summed E-state index contributed by atoms with van der Waals surface area (Å²) in [5, 5.41) is 13.5. The monoisotopic (exact) mass is 247 g/mol. The highest BCUT2D eigenvalue weighted by Crippen LogP contribution is 2.36. The largest absolute Gasteiger partial charge is 0.508 e. The van der Waals surface area contributed by atoms with E-state index in [2.05, 4.69) is 26.1 Å². The Morgan fingerprint density at radius 2 is 1.83 bits per heavy atom. The lowest BCUT2D eigenvalue weighted by molar-refractivity contribution is 0.199. The molecule has 1 aromatic carbocycles. The maximum Gasteiger partial charge on any atom is 0.120 e. The van der Waals surface area contributed by atoms with Crippen molar-refractivity contribution in [3.8, 4) is 5.75 Å². The van der Waals surface area contributed by atoms with E-state index in [0.717, 1.165) is 5.56 Å². The summed E-state index contributed by atoms with van der Waals surface area (Å²) in [4.78, 5) is 0. The minimum atomic E-state index is 0.220. The highest BCUT2D eigenvalue weighted by atomic mass is 16.3. The first-order valence-electron chi connectivity index (χ1n) is 7.02. The van der Waals surface area contributed by atoms with Crippen molar-refractivity contribution in [2.75, 3.05) is 0 Å². The van der Waals surface area contributed by atoms with Gasteiger partial charge in [0.1, 0.15) is 5.75 Å². The van der Waals surface area contributed by atoms with Crippen LogP contribution < -0.4 is 5.32 Å². The van der Waals surface area contributed by atoms with E-state index in [0.29, 0.717) is 17.2 Å². The molecule has 1 aromatic rings. The van der Waals surface area contributed by atoms with E-state index in [1.54, 1.807) is 6.07 Å². The zero-order chi connectivity index (χ0) is 13.2. The Balaban J connectivity index is 1.93. The van der Waals surface area contributed by atoms with Crippen LogP contribution in [-0.2, 0) is 0 Å². The smallest absolute Gasteiger partial charge is 0.120 e. The van der Waals surface area contributed by atoms with Gasteiger partial charge in [-0.25, -0.2) is 0 Å². The zero-order valence-corrected chi connectivity index (χ0v) is 11.7. The molecule has 2 rings (SSSR count). The Labute approximate surface area is 110 Å². The van der Waals surface area contributed by atoms with E-state index in [-0.39, 0.29) is 6.04 Å². The number of aromatic hydroxyl groups is 1. The van der Waals surface area contributed by atoms with Crippen molar-refractivity contribution < 1.29 is 5.11 Å². The first kappa shape index (κ1) is 13.4. The van der Waals surface area contributed by atoms with Crippen molar-refractivity contribution in [2.45, 2.75) is 58.5 Å². The van der Waals surface area contributed by atoms with Crippen LogP contribution in [0.5, 0.6) is 5.75 Å². The van der Waals surface area contributed by atoms with Crippen LogP contribution in [-0.4, -0.2) is 11.1 Å². The minimum absolute atomic E-state index is 0.220. The van der Waals surface area contributed by atoms with Gasteiger partial charge >= 0.3 is 0 Å². The number of benzene rings is 1. The second kappa shape index (κ2) is 5.31. The predicted octanol–water partition coefficient (Wildman–Crippen LogP) is 4.01. The van der Waals surface area contributed by atoms with Crippen LogP contribution in [0.1, 0.15) is 58.1 Å². The fourth-order valence-electron chi connectivity index (χ4n) is 2.86. The fraction of sp³-hybridized carbons (Fsp3) is 0.625. The molecule has 2 N–H and O–H groups in total. The van der Waals surface area contributed by atoms with E-state index in [1.165, 1.54) is 25.7 Å². The number of hydrogen-bond donors (Lipinski definition) is 2. The lowest BCUT2D eigenvalue weighted by Crippen LogP contribution is -2.37. The van der Waals surface area contributed by atoms with E-state index in [1.807, 2.05) is 18.2 Å². The summed E-state index contributed by atoms with van der Waals surface area (Å²) < 4.78 is 0. The molecule has 2 nitrogen and oxygen atoms in total. The highest BCUT2D eigenvalue weighted by Gasteiger charge is 2.27. The van der Waals surface area contributed by atoms with E-state index in [4.69, 9.17) is 0 Å². The number of rotatable bonds is 3. The molecule has 1 atom stereocenters. The quantitative estimate of drug-likeness (QED) is 0.845. The van der Waals surface area contributed by atoms with Crippen LogP contribution in [0.2, 0.25) is 0 Å². The van der Waals surface area contributed by atoms with Gasteiger partial charge in [-0.05, 0) is 44.1 Å². The summed E-state index contributed by atoms with van der Waals surface area (Å²) in [7, 11) is 0. The van der Waals surface area contributed by atoms with Gasteiger partial charge < -0.3 is 10.4 Å². The van der Waals surface area contributed by atoms with Gasteiger partial charge in [0.25, 0.3) is 0 Å². The van der Waals surface area contributed by atoms with Crippen LogP contribution in [0.4, 0.5) is 0 Å². The summed E-state index contributed by atoms with van der Waals surface area (Å²) in [6.45, 7) is 6.85. The predicted molar refractivity (Wildman–Crippen MR) is 75.7 cm³/mol. The second-order valence-corrected chi connectivity index (χ2v) is 6.39. The van der Waals surface area contributed by atoms with Crippen LogP contribution in [0, 0.1) is 5.41 Å². The molecule has 0 radical (unpaired) electrons. The maximum atomic E-state index is 9.85. The molecule has 2 heteroatoms. The van der Waals surface area contributed by atoms with Gasteiger partial charge in [0.05, 0.1) is 0 Å². The Morgan fingerprint density at radius 3 is 2.44 bits per heavy atom. The van der Waals surface area contributed by atoms with Crippen LogP contribution in [0.3, 0.4) is 0 Å². The molecule has 0 spiro atoms. The van der Waals surface area contributed by atoms with Crippen LogP contribution in [0.25, 0.3) is 0 Å². The first-order valence-corrected chi connectivity index (χ1v) is 7.02. The van der Waals surface area contributed by atoms with Crippen molar-refractivity contribution in [2.24, 2.45) is 5.41 Å². The van der Waals surface area contributed by atoms with Gasteiger partial charge in [-0.2, -0.15) is 0 Å². The third kappa shape index (κ3) is 3.26. The van der Waals surface area contributed by atoms with Crippen molar-refractivity contribution in [1.82, 2.24) is 5.32 Å². The van der Waals surface area contributed by atoms with Crippen LogP contribution >= 0.6 is 0 Å². The molecule has 0 heterocycles. The Morgan fingerprint density at radius 1 is 1.22 bits per heavy atom. The standard InChI is InChI=1S/C16H25NO/c1-12(14-6-4-5-7-15(14)18)17-13-8-10-16(2,3)11-9-13/h4-7,12-13,17-18H,8-11H2,1-3H3. The third-order valence-electron chi connectivity index (χ3n) is 4.23. The van der Waals surface area contributed by atoms with Crippen molar-refractivity contribution >= 4 is 0 Å². The summed E-state index contributed by atoms with van der Waals surface area (Å²) in [6, 6.07) is 8.42.